The molecule has 0 unspecified atom stereocenters. The highest BCUT2D eigenvalue weighted by Crippen LogP contribution is 2.27. The highest BCUT2D eigenvalue weighted by Gasteiger charge is 2.11. The van der Waals surface area contributed by atoms with E-state index in [1.807, 2.05) is 24.3 Å². The molecule has 4 nitrogen and oxygen atoms in total. The maximum absolute atomic E-state index is 4.39. The number of aromatic nitrogens is 4. The number of imidazole rings is 1. The second-order valence-electron chi connectivity index (χ2n) is 3.28. The number of pyridine rings is 1. The number of fused-ring (bicyclic) bond motifs is 1. The van der Waals surface area contributed by atoms with Gasteiger partial charge in [0.15, 0.2) is 5.65 Å². The second-order valence-corrected chi connectivity index (χ2v) is 4.03. The molecule has 3 heterocycles. The fourth-order valence-electron chi connectivity index (χ4n) is 1.61. The number of hydrogen-bond donors (Lipinski definition) is 0. The van der Waals surface area contributed by atoms with Crippen molar-refractivity contribution in [2.24, 2.45) is 0 Å². The Kier molecular flexibility index (Phi) is 2.18. The van der Waals surface area contributed by atoms with Gasteiger partial charge >= 0.3 is 0 Å². The van der Waals surface area contributed by atoms with Gasteiger partial charge in [-0.15, -0.1) is 0 Å². The lowest BCUT2D eigenvalue weighted by molar-refractivity contribution is 0.942. The largest absolute Gasteiger partial charge is 0.265 e. The van der Waals surface area contributed by atoms with Crippen LogP contribution in [0.15, 0.2) is 47.5 Å². The average Bonchev–Trinajstić information content (AvgIpc) is 2.66. The molecule has 0 aliphatic rings. The van der Waals surface area contributed by atoms with Crippen molar-refractivity contribution < 1.29 is 0 Å². The molecule has 3 aromatic rings. The van der Waals surface area contributed by atoms with Crippen LogP contribution < -0.4 is 0 Å². The molecular formula is C11H7BrN4. The van der Waals surface area contributed by atoms with Crippen LogP contribution in [0.5, 0.6) is 0 Å². The summed E-state index contributed by atoms with van der Waals surface area (Å²) in [5.41, 5.74) is 2.80. The number of hydrogen-bond acceptors (Lipinski definition) is 3. The summed E-state index contributed by atoms with van der Waals surface area (Å²) in [6.45, 7) is 0. The normalized spacial score (nSPS) is 10.8. The van der Waals surface area contributed by atoms with Gasteiger partial charge in [0, 0.05) is 24.2 Å². The summed E-state index contributed by atoms with van der Waals surface area (Å²) >= 11 is 3.45. The Morgan fingerprint density at radius 2 is 1.88 bits per heavy atom. The Morgan fingerprint density at radius 1 is 1.06 bits per heavy atom. The van der Waals surface area contributed by atoms with Gasteiger partial charge in [-0.25, -0.2) is 9.50 Å². The van der Waals surface area contributed by atoms with E-state index in [2.05, 4.69) is 31.0 Å². The molecule has 0 aromatic carbocycles. The first-order valence-corrected chi connectivity index (χ1v) is 5.55. The molecule has 0 spiro atoms. The summed E-state index contributed by atoms with van der Waals surface area (Å²) in [4.78, 5) is 8.39. The van der Waals surface area contributed by atoms with Gasteiger partial charge in [-0.2, -0.15) is 5.10 Å². The molecule has 0 atom stereocenters. The van der Waals surface area contributed by atoms with Crippen LogP contribution >= 0.6 is 15.9 Å². The molecule has 0 saturated carbocycles. The molecule has 0 amide bonds. The molecule has 3 rings (SSSR count). The Labute approximate surface area is 100 Å². The standard InChI is InChI=1S/C11H7BrN4/c12-11-10(8-3-6-13-7-4-8)16-9(15-11)2-1-5-14-16/h1-7H. The van der Waals surface area contributed by atoms with Gasteiger partial charge in [0.1, 0.15) is 10.3 Å². The maximum Gasteiger partial charge on any atom is 0.155 e. The predicted octanol–water partition coefficient (Wildman–Crippen LogP) is 2.55. The smallest absolute Gasteiger partial charge is 0.155 e. The van der Waals surface area contributed by atoms with Gasteiger partial charge in [0.25, 0.3) is 0 Å². The topological polar surface area (TPSA) is 43.1 Å². The van der Waals surface area contributed by atoms with E-state index in [1.54, 1.807) is 23.1 Å². The van der Waals surface area contributed by atoms with Crippen molar-refractivity contribution in [1.29, 1.82) is 0 Å². The zero-order valence-electron chi connectivity index (χ0n) is 8.21. The Morgan fingerprint density at radius 3 is 2.69 bits per heavy atom. The van der Waals surface area contributed by atoms with E-state index < -0.39 is 0 Å². The zero-order chi connectivity index (χ0) is 11.0. The van der Waals surface area contributed by atoms with Crippen molar-refractivity contribution >= 4 is 21.6 Å². The fourth-order valence-corrected chi connectivity index (χ4v) is 2.19. The molecule has 78 valence electrons. The van der Waals surface area contributed by atoms with Crippen LogP contribution in [0.4, 0.5) is 0 Å². The van der Waals surface area contributed by atoms with E-state index in [0.29, 0.717) is 0 Å². The quantitative estimate of drug-likeness (QED) is 0.685. The van der Waals surface area contributed by atoms with E-state index in [1.165, 1.54) is 0 Å². The molecule has 0 fully saturated rings. The van der Waals surface area contributed by atoms with Crippen molar-refractivity contribution in [2.75, 3.05) is 0 Å². The van der Waals surface area contributed by atoms with Crippen molar-refractivity contribution in [3.8, 4) is 11.3 Å². The summed E-state index contributed by atoms with van der Waals surface area (Å²) < 4.78 is 2.59. The lowest BCUT2D eigenvalue weighted by Gasteiger charge is -2.00. The first-order valence-electron chi connectivity index (χ1n) is 4.76. The first-order chi connectivity index (χ1) is 7.86. The molecule has 0 bridgehead atoms. The van der Waals surface area contributed by atoms with Crippen molar-refractivity contribution in [3.63, 3.8) is 0 Å². The van der Waals surface area contributed by atoms with Gasteiger partial charge in [0.05, 0.1) is 0 Å². The average molecular weight is 275 g/mol. The van der Waals surface area contributed by atoms with E-state index in [-0.39, 0.29) is 0 Å². The summed E-state index contributed by atoms with van der Waals surface area (Å²) in [7, 11) is 0. The van der Waals surface area contributed by atoms with E-state index in [9.17, 15) is 0 Å². The van der Waals surface area contributed by atoms with E-state index in [0.717, 1.165) is 21.5 Å². The van der Waals surface area contributed by atoms with Gasteiger partial charge < -0.3 is 0 Å². The highest BCUT2D eigenvalue weighted by atomic mass is 79.9. The van der Waals surface area contributed by atoms with E-state index in [4.69, 9.17) is 0 Å². The molecular weight excluding hydrogens is 268 g/mol. The second kappa shape index (κ2) is 3.68. The molecule has 0 aliphatic carbocycles. The van der Waals surface area contributed by atoms with Crippen LogP contribution in [0.1, 0.15) is 0 Å². The lowest BCUT2D eigenvalue weighted by Crippen LogP contribution is -1.92. The summed E-state index contributed by atoms with van der Waals surface area (Å²) in [6, 6.07) is 7.65. The van der Waals surface area contributed by atoms with Crippen LogP contribution in [-0.4, -0.2) is 19.6 Å². The van der Waals surface area contributed by atoms with E-state index >= 15 is 0 Å². The SMILES string of the molecule is Brc1nc2cccnn2c1-c1ccncc1. The lowest BCUT2D eigenvalue weighted by atomic mass is 10.2. The van der Waals surface area contributed by atoms with Crippen LogP contribution in [0, 0.1) is 0 Å². The maximum atomic E-state index is 4.39. The third kappa shape index (κ3) is 1.40. The Hall–Kier alpha value is -1.75. The zero-order valence-corrected chi connectivity index (χ0v) is 9.79. The Balaban J connectivity index is 2.35. The van der Waals surface area contributed by atoms with Crippen molar-refractivity contribution in [3.05, 3.63) is 47.5 Å². The van der Waals surface area contributed by atoms with Crippen LogP contribution in [-0.2, 0) is 0 Å². The highest BCUT2D eigenvalue weighted by molar-refractivity contribution is 9.10. The molecule has 0 N–H and O–H groups in total. The van der Waals surface area contributed by atoms with Gasteiger partial charge in [-0.05, 0) is 40.2 Å². The molecule has 16 heavy (non-hydrogen) atoms. The minimum atomic E-state index is 0.789. The third-order valence-electron chi connectivity index (χ3n) is 2.30. The fraction of sp³-hybridized carbons (Fsp3) is 0. The number of nitrogens with zero attached hydrogens (tertiary/aromatic N) is 4. The monoisotopic (exact) mass is 274 g/mol. The molecule has 5 heteroatoms. The van der Waals surface area contributed by atoms with Crippen LogP contribution in [0.3, 0.4) is 0 Å². The summed E-state index contributed by atoms with van der Waals surface area (Å²) in [5, 5.41) is 4.28. The summed E-state index contributed by atoms with van der Waals surface area (Å²) in [6.07, 6.45) is 5.25. The van der Waals surface area contributed by atoms with Gasteiger partial charge in [-0.1, -0.05) is 0 Å². The van der Waals surface area contributed by atoms with Crippen LogP contribution in [0.2, 0.25) is 0 Å². The molecule has 0 radical (unpaired) electrons. The molecule has 3 aromatic heterocycles. The van der Waals surface area contributed by atoms with Crippen molar-refractivity contribution in [1.82, 2.24) is 19.6 Å². The first kappa shape index (κ1) is 9.47. The number of rotatable bonds is 1. The minimum absolute atomic E-state index is 0.789. The van der Waals surface area contributed by atoms with Gasteiger partial charge in [0.2, 0.25) is 0 Å². The Bertz CT molecular complexity index is 633. The number of halogens is 1. The summed E-state index contributed by atoms with van der Waals surface area (Å²) in [5.74, 6) is 0. The minimum Gasteiger partial charge on any atom is -0.265 e. The predicted molar refractivity (Wildman–Crippen MR) is 63.9 cm³/mol. The van der Waals surface area contributed by atoms with Gasteiger partial charge in [-0.3, -0.25) is 4.98 Å². The third-order valence-corrected chi connectivity index (χ3v) is 2.86. The molecule has 0 saturated heterocycles. The van der Waals surface area contributed by atoms with Crippen molar-refractivity contribution in [2.45, 2.75) is 0 Å². The molecule has 0 aliphatic heterocycles. The van der Waals surface area contributed by atoms with Crippen LogP contribution in [0.25, 0.3) is 16.9 Å².